The first-order chi connectivity index (χ1) is 8.41. The smallest absolute Gasteiger partial charge is 0.317 e. The van der Waals surface area contributed by atoms with Crippen molar-refractivity contribution in [2.24, 2.45) is 5.92 Å². The van der Waals surface area contributed by atoms with Gasteiger partial charge in [0.1, 0.15) is 0 Å². The number of halogens is 1. The molecule has 0 bridgehead atoms. The lowest BCUT2D eigenvalue weighted by Gasteiger charge is -2.26. The maximum Gasteiger partial charge on any atom is 0.317 e. The number of amides is 2. The van der Waals surface area contributed by atoms with Gasteiger partial charge in [-0.05, 0) is 30.5 Å². The van der Waals surface area contributed by atoms with Crippen LogP contribution in [0.2, 0.25) is 5.02 Å². The van der Waals surface area contributed by atoms with Gasteiger partial charge >= 0.3 is 6.03 Å². The van der Waals surface area contributed by atoms with E-state index in [0.717, 1.165) is 5.56 Å². The predicted octanol–water partition coefficient (Wildman–Crippen LogP) is 3.70. The third kappa shape index (κ3) is 4.22. The molecule has 1 aromatic rings. The standard InChI is InChI=1S/C14H21ClN2O/c1-10(2)9-16-14(18)17(4)11(3)12-5-7-13(15)8-6-12/h5-8,10-11H,9H2,1-4H3,(H,16,18). The van der Waals surface area contributed by atoms with E-state index in [1.807, 2.05) is 31.2 Å². The quantitative estimate of drug-likeness (QED) is 0.887. The first-order valence-corrected chi connectivity index (χ1v) is 6.55. The molecule has 0 aromatic heterocycles. The van der Waals surface area contributed by atoms with Crippen LogP contribution in [0, 0.1) is 5.92 Å². The van der Waals surface area contributed by atoms with Gasteiger partial charge in [-0.25, -0.2) is 4.79 Å². The summed E-state index contributed by atoms with van der Waals surface area (Å²) in [6.07, 6.45) is 0. The van der Waals surface area contributed by atoms with Gasteiger partial charge in [0, 0.05) is 18.6 Å². The Labute approximate surface area is 114 Å². The summed E-state index contributed by atoms with van der Waals surface area (Å²) in [4.78, 5) is 13.6. The highest BCUT2D eigenvalue weighted by Crippen LogP contribution is 2.20. The zero-order valence-electron chi connectivity index (χ0n) is 11.4. The van der Waals surface area contributed by atoms with Gasteiger partial charge < -0.3 is 10.2 Å². The molecule has 1 rings (SSSR count). The molecule has 1 atom stereocenters. The number of benzene rings is 1. The lowest BCUT2D eigenvalue weighted by molar-refractivity contribution is 0.193. The normalized spacial score (nSPS) is 12.3. The average Bonchev–Trinajstić information content (AvgIpc) is 2.35. The Balaban J connectivity index is 2.62. The minimum atomic E-state index is -0.0499. The van der Waals surface area contributed by atoms with Crippen molar-refractivity contribution in [1.82, 2.24) is 10.2 Å². The number of nitrogens with one attached hydrogen (secondary N) is 1. The fourth-order valence-electron chi connectivity index (χ4n) is 1.56. The van der Waals surface area contributed by atoms with E-state index < -0.39 is 0 Å². The zero-order valence-corrected chi connectivity index (χ0v) is 12.2. The molecule has 4 heteroatoms. The highest BCUT2D eigenvalue weighted by atomic mass is 35.5. The first kappa shape index (κ1) is 14.8. The summed E-state index contributed by atoms with van der Waals surface area (Å²) in [5.41, 5.74) is 1.07. The van der Waals surface area contributed by atoms with Crippen LogP contribution in [0.15, 0.2) is 24.3 Å². The molecule has 18 heavy (non-hydrogen) atoms. The van der Waals surface area contributed by atoms with Crippen LogP contribution in [-0.4, -0.2) is 24.5 Å². The number of urea groups is 1. The Morgan fingerprint density at radius 3 is 2.33 bits per heavy atom. The number of nitrogens with zero attached hydrogens (tertiary/aromatic N) is 1. The summed E-state index contributed by atoms with van der Waals surface area (Å²) < 4.78 is 0. The van der Waals surface area contributed by atoms with Crippen LogP contribution in [0.4, 0.5) is 4.79 Å². The van der Waals surface area contributed by atoms with E-state index in [1.165, 1.54) is 0 Å². The minimum Gasteiger partial charge on any atom is -0.338 e. The van der Waals surface area contributed by atoms with Crippen LogP contribution in [0.3, 0.4) is 0 Å². The molecule has 0 radical (unpaired) electrons. The average molecular weight is 269 g/mol. The van der Waals surface area contributed by atoms with Gasteiger partial charge in [-0.3, -0.25) is 0 Å². The van der Waals surface area contributed by atoms with E-state index in [9.17, 15) is 4.79 Å². The topological polar surface area (TPSA) is 32.3 Å². The maximum atomic E-state index is 11.9. The van der Waals surface area contributed by atoms with Crippen molar-refractivity contribution in [3.63, 3.8) is 0 Å². The summed E-state index contributed by atoms with van der Waals surface area (Å²) >= 11 is 5.85. The number of carbonyl (C=O) groups is 1. The molecule has 0 aliphatic heterocycles. The summed E-state index contributed by atoms with van der Waals surface area (Å²) in [6.45, 7) is 6.83. The molecule has 1 N–H and O–H groups in total. The Morgan fingerprint density at radius 1 is 1.28 bits per heavy atom. The van der Waals surface area contributed by atoms with Crippen molar-refractivity contribution >= 4 is 17.6 Å². The summed E-state index contributed by atoms with van der Waals surface area (Å²) in [5.74, 6) is 0.452. The zero-order chi connectivity index (χ0) is 13.7. The highest BCUT2D eigenvalue weighted by Gasteiger charge is 2.16. The second kappa shape index (κ2) is 6.64. The summed E-state index contributed by atoms with van der Waals surface area (Å²) in [7, 11) is 1.80. The van der Waals surface area contributed by atoms with Gasteiger partial charge in [0.05, 0.1) is 6.04 Å². The van der Waals surface area contributed by atoms with Gasteiger partial charge in [-0.2, -0.15) is 0 Å². The largest absolute Gasteiger partial charge is 0.338 e. The summed E-state index contributed by atoms with van der Waals surface area (Å²) in [5, 5.41) is 3.61. The lowest BCUT2D eigenvalue weighted by Crippen LogP contribution is -2.40. The number of hydrogen-bond donors (Lipinski definition) is 1. The van der Waals surface area contributed by atoms with Crippen molar-refractivity contribution in [2.45, 2.75) is 26.8 Å². The van der Waals surface area contributed by atoms with Crippen LogP contribution < -0.4 is 5.32 Å². The number of rotatable bonds is 4. The second-order valence-corrected chi connectivity index (χ2v) is 5.35. The Kier molecular flexibility index (Phi) is 5.48. The molecule has 1 aromatic carbocycles. The monoisotopic (exact) mass is 268 g/mol. The predicted molar refractivity (Wildman–Crippen MR) is 75.9 cm³/mol. The first-order valence-electron chi connectivity index (χ1n) is 6.18. The summed E-state index contributed by atoms with van der Waals surface area (Å²) in [6, 6.07) is 7.54. The minimum absolute atomic E-state index is 0.0226. The van der Waals surface area contributed by atoms with E-state index >= 15 is 0 Å². The van der Waals surface area contributed by atoms with E-state index in [0.29, 0.717) is 17.5 Å². The molecule has 1 unspecified atom stereocenters. The lowest BCUT2D eigenvalue weighted by atomic mass is 10.1. The van der Waals surface area contributed by atoms with Crippen LogP contribution in [0.25, 0.3) is 0 Å². The number of carbonyl (C=O) groups excluding carboxylic acids is 1. The van der Waals surface area contributed by atoms with E-state index in [2.05, 4.69) is 19.2 Å². The van der Waals surface area contributed by atoms with Crippen molar-refractivity contribution in [3.8, 4) is 0 Å². The Bertz CT molecular complexity index is 389. The molecule has 2 amide bonds. The molecular formula is C14H21ClN2O. The van der Waals surface area contributed by atoms with Crippen LogP contribution >= 0.6 is 11.6 Å². The van der Waals surface area contributed by atoms with Crippen molar-refractivity contribution in [3.05, 3.63) is 34.9 Å². The van der Waals surface area contributed by atoms with Crippen molar-refractivity contribution in [2.75, 3.05) is 13.6 Å². The molecule has 0 saturated heterocycles. The SMILES string of the molecule is CC(C)CNC(=O)N(C)C(C)c1ccc(Cl)cc1. The number of hydrogen-bond acceptors (Lipinski definition) is 1. The van der Waals surface area contributed by atoms with Crippen LogP contribution in [0.5, 0.6) is 0 Å². The molecular weight excluding hydrogens is 248 g/mol. The fraction of sp³-hybridized carbons (Fsp3) is 0.500. The fourth-order valence-corrected chi connectivity index (χ4v) is 1.68. The van der Waals surface area contributed by atoms with Gasteiger partial charge in [-0.1, -0.05) is 37.6 Å². The van der Waals surface area contributed by atoms with E-state index in [4.69, 9.17) is 11.6 Å². The van der Waals surface area contributed by atoms with Crippen molar-refractivity contribution in [1.29, 1.82) is 0 Å². The van der Waals surface area contributed by atoms with Crippen LogP contribution in [0.1, 0.15) is 32.4 Å². The maximum absolute atomic E-state index is 11.9. The van der Waals surface area contributed by atoms with Crippen LogP contribution in [-0.2, 0) is 0 Å². The van der Waals surface area contributed by atoms with E-state index in [-0.39, 0.29) is 12.1 Å². The van der Waals surface area contributed by atoms with Gasteiger partial charge in [0.25, 0.3) is 0 Å². The Morgan fingerprint density at radius 2 is 1.83 bits per heavy atom. The molecule has 0 heterocycles. The van der Waals surface area contributed by atoms with Gasteiger partial charge in [0.2, 0.25) is 0 Å². The molecule has 100 valence electrons. The molecule has 0 aliphatic rings. The molecule has 3 nitrogen and oxygen atoms in total. The third-order valence-corrected chi connectivity index (χ3v) is 3.17. The van der Waals surface area contributed by atoms with E-state index in [1.54, 1.807) is 11.9 Å². The van der Waals surface area contributed by atoms with Gasteiger partial charge in [0.15, 0.2) is 0 Å². The molecule has 0 saturated carbocycles. The molecule has 0 aliphatic carbocycles. The Hall–Kier alpha value is -1.22. The third-order valence-electron chi connectivity index (χ3n) is 2.92. The van der Waals surface area contributed by atoms with Gasteiger partial charge in [-0.15, -0.1) is 0 Å². The molecule has 0 spiro atoms. The van der Waals surface area contributed by atoms with Crippen molar-refractivity contribution < 1.29 is 4.79 Å². The highest BCUT2D eigenvalue weighted by molar-refractivity contribution is 6.30. The molecule has 0 fully saturated rings. The second-order valence-electron chi connectivity index (χ2n) is 4.92.